The quantitative estimate of drug-likeness (QED) is 0.875. The average Bonchev–Trinajstić information content (AvgIpc) is 2.77. The molecule has 0 bridgehead atoms. The number of halogens is 1. The first-order valence-electron chi connectivity index (χ1n) is 6.33. The number of imidazole rings is 1. The molecule has 2 heterocycles. The molecule has 1 atom stereocenters. The van der Waals surface area contributed by atoms with Gasteiger partial charge in [-0.15, -0.1) is 0 Å². The van der Waals surface area contributed by atoms with Crippen molar-refractivity contribution in [1.82, 2.24) is 9.55 Å². The van der Waals surface area contributed by atoms with E-state index in [-0.39, 0.29) is 12.1 Å². The van der Waals surface area contributed by atoms with Gasteiger partial charge in [-0.3, -0.25) is 0 Å². The number of carbonyl (C=O) groups is 1. The Morgan fingerprint density at radius 2 is 2.25 bits per heavy atom. The summed E-state index contributed by atoms with van der Waals surface area (Å²) >= 11 is 0. The third-order valence-electron chi connectivity index (χ3n) is 3.47. The minimum absolute atomic E-state index is 0.0667. The fourth-order valence-corrected chi connectivity index (χ4v) is 2.56. The van der Waals surface area contributed by atoms with E-state index in [1.54, 1.807) is 16.7 Å². The third-order valence-corrected chi connectivity index (χ3v) is 3.47. The van der Waals surface area contributed by atoms with Crippen molar-refractivity contribution in [3.05, 3.63) is 41.5 Å². The Kier molecular flexibility index (Phi) is 3.02. The van der Waals surface area contributed by atoms with Crippen LogP contribution in [0.3, 0.4) is 0 Å². The van der Waals surface area contributed by atoms with Crippen molar-refractivity contribution >= 4 is 5.97 Å². The van der Waals surface area contributed by atoms with Crippen LogP contribution in [0.2, 0.25) is 0 Å². The number of nitrogens with zero attached hydrogens (tertiary/aromatic N) is 2. The molecule has 2 N–H and O–H groups in total. The molecule has 1 aliphatic rings. The highest BCUT2D eigenvalue weighted by Gasteiger charge is 2.27. The number of carboxylic acid groups (broad SMARTS) is 1. The van der Waals surface area contributed by atoms with Crippen LogP contribution < -0.4 is 0 Å². The number of carboxylic acids is 1. The topological polar surface area (TPSA) is 75.3 Å². The fourth-order valence-electron chi connectivity index (χ4n) is 2.56. The first-order chi connectivity index (χ1) is 9.56. The number of hydrogen-bond acceptors (Lipinski definition) is 3. The van der Waals surface area contributed by atoms with E-state index in [1.165, 1.54) is 12.1 Å². The minimum atomic E-state index is -1.13. The predicted molar refractivity (Wildman–Crippen MR) is 68.9 cm³/mol. The lowest BCUT2D eigenvalue weighted by Crippen LogP contribution is -2.24. The van der Waals surface area contributed by atoms with Crippen molar-refractivity contribution < 1.29 is 19.4 Å². The molecule has 1 unspecified atom stereocenters. The molecule has 3 rings (SSSR count). The van der Waals surface area contributed by atoms with Gasteiger partial charge in [0, 0.05) is 18.5 Å². The number of aromatic nitrogens is 2. The van der Waals surface area contributed by atoms with E-state index >= 15 is 0 Å². The van der Waals surface area contributed by atoms with Crippen molar-refractivity contribution in [3.8, 4) is 11.4 Å². The fraction of sp³-hybridized carbons (Fsp3) is 0.286. The number of aliphatic hydroxyl groups excluding tert-OH is 1. The highest BCUT2D eigenvalue weighted by Crippen LogP contribution is 2.28. The molecule has 1 aromatic carbocycles. The highest BCUT2D eigenvalue weighted by atomic mass is 19.1. The maximum atomic E-state index is 13.3. The summed E-state index contributed by atoms with van der Waals surface area (Å²) in [5, 5.41) is 18.9. The van der Waals surface area contributed by atoms with Crippen LogP contribution >= 0.6 is 0 Å². The zero-order valence-corrected chi connectivity index (χ0v) is 10.6. The number of hydrogen-bond donors (Lipinski definition) is 2. The van der Waals surface area contributed by atoms with E-state index < -0.39 is 17.9 Å². The molecule has 6 heteroatoms. The summed E-state index contributed by atoms with van der Waals surface area (Å²) in [6.45, 7) is 0.475. The lowest BCUT2D eigenvalue weighted by Gasteiger charge is -2.21. The normalized spacial score (nSPS) is 17.8. The summed E-state index contributed by atoms with van der Waals surface area (Å²) in [7, 11) is 0. The molecule has 0 aliphatic carbocycles. The predicted octanol–water partition coefficient (Wildman–Crippen LogP) is 1.69. The van der Waals surface area contributed by atoms with Gasteiger partial charge in [0.05, 0.1) is 11.8 Å². The van der Waals surface area contributed by atoms with Crippen molar-refractivity contribution in [2.45, 2.75) is 25.5 Å². The Hall–Kier alpha value is -2.21. The molecule has 0 radical (unpaired) electrons. The molecule has 0 saturated carbocycles. The van der Waals surface area contributed by atoms with E-state index in [0.717, 1.165) is 0 Å². The summed E-state index contributed by atoms with van der Waals surface area (Å²) in [4.78, 5) is 15.4. The summed E-state index contributed by atoms with van der Waals surface area (Å²) in [5.41, 5.74) is 0.966. The van der Waals surface area contributed by atoms with Crippen LogP contribution in [0.25, 0.3) is 11.4 Å². The molecular formula is C14H13FN2O3. The van der Waals surface area contributed by atoms with Gasteiger partial charge in [0.2, 0.25) is 0 Å². The van der Waals surface area contributed by atoms with Crippen LogP contribution in [0.5, 0.6) is 0 Å². The van der Waals surface area contributed by atoms with Gasteiger partial charge in [0.1, 0.15) is 11.6 Å². The van der Waals surface area contributed by atoms with Gasteiger partial charge in [-0.25, -0.2) is 14.2 Å². The van der Waals surface area contributed by atoms with Crippen LogP contribution in [-0.2, 0) is 13.0 Å². The van der Waals surface area contributed by atoms with Crippen molar-refractivity contribution in [1.29, 1.82) is 0 Å². The molecule has 20 heavy (non-hydrogen) atoms. The molecule has 1 aromatic heterocycles. The third kappa shape index (κ3) is 2.08. The number of rotatable bonds is 2. The van der Waals surface area contributed by atoms with E-state index in [0.29, 0.717) is 30.0 Å². The van der Waals surface area contributed by atoms with E-state index in [1.807, 2.05) is 0 Å². The Morgan fingerprint density at radius 1 is 1.45 bits per heavy atom. The second-order valence-electron chi connectivity index (χ2n) is 4.84. The van der Waals surface area contributed by atoms with Gasteiger partial charge in [-0.05, 0) is 18.6 Å². The molecule has 0 fully saturated rings. The maximum Gasteiger partial charge on any atom is 0.356 e. The van der Waals surface area contributed by atoms with E-state index in [4.69, 9.17) is 0 Å². The Labute approximate surface area is 114 Å². The van der Waals surface area contributed by atoms with E-state index in [2.05, 4.69) is 4.98 Å². The van der Waals surface area contributed by atoms with Crippen molar-refractivity contribution in [2.24, 2.45) is 0 Å². The molecule has 104 valence electrons. The SMILES string of the molecule is O=C(O)c1nc(-c2cccc(F)c2)n2c1CC(O)CC2. The molecule has 0 saturated heterocycles. The van der Waals surface area contributed by atoms with Crippen molar-refractivity contribution in [2.75, 3.05) is 0 Å². The first kappa shape index (κ1) is 12.8. The smallest absolute Gasteiger partial charge is 0.356 e. The van der Waals surface area contributed by atoms with Crippen LogP contribution in [0.1, 0.15) is 22.6 Å². The standard InChI is InChI=1S/C14H13FN2O3/c15-9-3-1-2-8(6-9)13-16-12(14(19)20)11-7-10(18)4-5-17(11)13/h1-3,6,10,18H,4-5,7H2,(H,19,20). The second kappa shape index (κ2) is 4.72. The number of fused-ring (bicyclic) bond motifs is 1. The van der Waals surface area contributed by atoms with Gasteiger partial charge >= 0.3 is 5.97 Å². The maximum absolute atomic E-state index is 13.3. The zero-order chi connectivity index (χ0) is 14.3. The molecule has 1 aliphatic heterocycles. The van der Waals surface area contributed by atoms with Crippen LogP contribution in [0, 0.1) is 5.82 Å². The summed E-state index contributed by atoms with van der Waals surface area (Å²) in [6, 6.07) is 5.90. The number of benzene rings is 1. The van der Waals surface area contributed by atoms with Crippen LogP contribution in [0.15, 0.2) is 24.3 Å². The van der Waals surface area contributed by atoms with E-state index in [9.17, 15) is 19.4 Å². The molecule has 5 nitrogen and oxygen atoms in total. The largest absolute Gasteiger partial charge is 0.476 e. The first-order valence-corrected chi connectivity index (χ1v) is 6.33. The summed E-state index contributed by atoms with van der Waals surface area (Å²) in [6.07, 6.45) is 0.229. The minimum Gasteiger partial charge on any atom is -0.476 e. The van der Waals surface area contributed by atoms with Gasteiger partial charge in [-0.1, -0.05) is 12.1 Å². The lowest BCUT2D eigenvalue weighted by molar-refractivity contribution is 0.0687. The van der Waals surface area contributed by atoms with Crippen LogP contribution in [-0.4, -0.2) is 31.8 Å². The average molecular weight is 276 g/mol. The molecular weight excluding hydrogens is 263 g/mol. The zero-order valence-electron chi connectivity index (χ0n) is 10.6. The number of aliphatic hydroxyl groups is 1. The van der Waals surface area contributed by atoms with Crippen molar-refractivity contribution in [3.63, 3.8) is 0 Å². The monoisotopic (exact) mass is 276 g/mol. The Morgan fingerprint density at radius 3 is 2.95 bits per heavy atom. The summed E-state index contributed by atoms with van der Waals surface area (Å²) < 4.78 is 15.1. The van der Waals surface area contributed by atoms with Crippen LogP contribution in [0.4, 0.5) is 4.39 Å². The van der Waals surface area contributed by atoms with Gasteiger partial charge in [0.25, 0.3) is 0 Å². The molecule has 0 amide bonds. The van der Waals surface area contributed by atoms with Gasteiger partial charge in [-0.2, -0.15) is 0 Å². The number of aromatic carboxylic acids is 1. The lowest BCUT2D eigenvalue weighted by atomic mass is 10.0. The molecule has 0 spiro atoms. The second-order valence-corrected chi connectivity index (χ2v) is 4.84. The molecule has 2 aromatic rings. The van der Waals surface area contributed by atoms with Gasteiger partial charge < -0.3 is 14.8 Å². The van der Waals surface area contributed by atoms with Gasteiger partial charge in [0.15, 0.2) is 5.69 Å². The summed E-state index contributed by atoms with van der Waals surface area (Å²) in [5.74, 6) is -1.10. The Balaban J connectivity index is 2.17. The highest BCUT2D eigenvalue weighted by molar-refractivity contribution is 5.88. The Bertz CT molecular complexity index is 681.